The molecule has 2 aromatic heterocycles. The van der Waals surface area contributed by atoms with Crippen LogP contribution in [0.15, 0.2) is 57.4 Å². The molecule has 0 aliphatic heterocycles. The molecule has 29 heavy (non-hydrogen) atoms. The van der Waals surface area contributed by atoms with E-state index in [0.29, 0.717) is 35.0 Å². The molecule has 0 saturated carbocycles. The zero-order valence-corrected chi connectivity index (χ0v) is 16.4. The Hall–Kier alpha value is -3.45. The van der Waals surface area contributed by atoms with Crippen molar-refractivity contribution in [2.45, 2.75) is 13.5 Å². The zero-order valence-electron chi connectivity index (χ0n) is 16.4. The van der Waals surface area contributed by atoms with Crippen molar-refractivity contribution < 1.29 is 32.9 Å². The third kappa shape index (κ3) is 4.35. The highest BCUT2D eigenvalue weighted by Crippen LogP contribution is 2.29. The maximum Gasteiger partial charge on any atom is 0.374 e. The Morgan fingerprint density at radius 3 is 2.07 bits per heavy atom. The van der Waals surface area contributed by atoms with Crippen molar-refractivity contribution in [1.29, 1.82) is 0 Å². The van der Waals surface area contributed by atoms with Gasteiger partial charge in [-0.2, -0.15) is 0 Å². The highest BCUT2D eigenvalue weighted by Gasteiger charge is 2.15. The van der Waals surface area contributed by atoms with E-state index in [1.54, 1.807) is 39.3 Å². The number of para-hydroxylation sites is 2. The van der Waals surface area contributed by atoms with Gasteiger partial charge in [0.15, 0.2) is 22.7 Å². The van der Waals surface area contributed by atoms with Crippen LogP contribution in [-0.4, -0.2) is 31.9 Å². The Morgan fingerprint density at radius 2 is 1.52 bits per heavy atom. The number of fused-ring (bicyclic) bond motifs is 2. The van der Waals surface area contributed by atoms with Gasteiger partial charge in [0.05, 0.1) is 20.8 Å². The minimum Gasteiger partial charge on any atom is -0.493 e. The predicted molar refractivity (Wildman–Crippen MR) is 107 cm³/mol. The summed E-state index contributed by atoms with van der Waals surface area (Å²) in [5.74, 6) is 1.59. The van der Waals surface area contributed by atoms with E-state index in [4.69, 9.17) is 28.2 Å². The summed E-state index contributed by atoms with van der Waals surface area (Å²) >= 11 is 0. The average molecular weight is 398 g/mol. The van der Waals surface area contributed by atoms with Gasteiger partial charge in [-0.05, 0) is 31.2 Å². The molecule has 0 bridgehead atoms. The topological polar surface area (TPSA) is 91.3 Å². The number of furan rings is 2. The Labute approximate surface area is 167 Å². The molecule has 1 N–H and O–H groups in total. The average Bonchev–Trinajstić information content (AvgIpc) is 3.37. The number of hydrogen-bond acceptors (Lipinski definition) is 7. The molecule has 0 radical (unpaired) electrons. The molecule has 0 saturated heterocycles. The number of esters is 1. The number of methoxy groups -OCH3 is 2. The Kier molecular flexibility index (Phi) is 6.41. The summed E-state index contributed by atoms with van der Waals surface area (Å²) in [4.78, 5) is 11.5. The molecule has 0 amide bonds. The van der Waals surface area contributed by atoms with Gasteiger partial charge in [0.1, 0.15) is 12.4 Å². The lowest BCUT2D eigenvalue weighted by molar-refractivity contribution is 0.0492. The minimum atomic E-state index is -0.458. The fraction of sp³-hybridized carbons (Fsp3) is 0.227. The third-order valence-electron chi connectivity index (χ3n) is 4.14. The van der Waals surface area contributed by atoms with Crippen LogP contribution in [0.25, 0.3) is 21.9 Å². The van der Waals surface area contributed by atoms with E-state index in [0.717, 1.165) is 10.8 Å². The summed E-state index contributed by atoms with van der Waals surface area (Å²) in [6.45, 7) is 1.99. The van der Waals surface area contributed by atoms with Crippen molar-refractivity contribution in [3.8, 4) is 11.5 Å². The van der Waals surface area contributed by atoms with E-state index in [1.807, 2.05) is 30.3 Å². The molecule has 0 aliphatic carbocycles. The van der Waals surface area contributed by atoms with E-state index < -0.39 is 5.97 Å². The highest BCUT2D eigenvalue weighted by atomic mass is 16.5. The molecule has 0 atom stereocenters. The number of ether oxygens (including phenoxy) is 3. The second-order valence-electron chi connectivity index (χ2n) is 5.96. The van der Waals surface area contributed by atoms with Crippen molar-refractivity contribution in [2.75, 3.05) is 20.8 Å². The standard InChI is InChI=1S/C12H12O4.C10H10O3/c1-3-15-12(13)10-7-8-5-4-6-9(14-2)11(8)16-10;1-12-9-4-2-3-7-5-8(6-11)13-10(7)9/h4-7H,3H2,1-2H3;2-5,11H,6H2,1H3. The molecule has 7 nitrogen and oxygen atoms in total. The van der Waals surface area contributed by atoms with Gasteiger partial charge < -0.3 is 28.2 Å². The van der Waals surface area contributed by atoms with Gasteiger partial charge in [0.2, 0.25) is 5.76 Å². The highest BCUT2D eigenvalue weighted by molar-refractivity contribution is 5.94. The fourth-order valence-corrected chi connectivity index (χ4v) is 2.83. The second kappa shape index (κ2) is 9.16. The van der Waals surface area contributed by atoms with E-state index in [9.17, 15) is 4.79 Å². The molecule has 2 heterocycles. The summed E-state index contributed by atoms with van der Waals surface area (Å²) < 4.78 is 25.9. The first-order valence-corrected chi connectivity index (χ1v) is 9.01. The lowest BCUT2D eigenvalue weighted by Gasteiger charge is -1.98. The van der Waals surface area contributed by atoms with Gasteiger partial charge in [-0.15, -0.1) is 0 Å². The number of hydrogen-bond donors (Lipinski definition) is 1. The first-order valence-electron chi connectivity index (χ1n) is 9.01. The Bertz CT molecular complexity index is 1110. The van der Waals surface area contributed by atoms with Gasteiger partial charge >= 0.3 is 5.97 Å². The smallest absolute Gasteiger partial charge is 0.374 e. The van der Waals surface area contributed by atoms with E-state index in [2.05, 4.69) is 0 Å². The van der Waals surface area contributed by atoms with Crippen molar-refractivity contribution in [3.05, 3.63) is 60.1 Å². The van der Waals surface area contributed by atoms with Crippen LogP contribution in [0.5, 0.6) is 11.5 Å². The molecule has 152 valence electrons. The van der Waals surface area contributed by atoms with Crippen LogP contribution < -0.4 is 9.47 Å². The van der Waals surface area contributed by atoms with Crippen LogP contribution in [0, 0.1) is 0 Å². The summed E-state index contributed by atoms with van der Waals surface area (Å²) in [6, 6.07) is 14.6. The summed E-state index contributed by atoms with van der Waals surface area (Å²) in [7, 11) is 3.15. The van der Waals surface area contributed by atoms with Crippen LogP contribution in [0.1, 0.15) is 23.2 Å². The first kappa shape index (κ1) is 20.3. The second-order valence-corrected chi connectivity index (χ2v) is 5.96. The molecule has 4 rings (SSSR count). The number of carbonyl (C=O) groups is 1. The zero-order chi connectivity index (χ0) is 20.8. The SMILES string of the molecule is CCOC(=O)c1cc2cccc(OC)c2o1.COc1cccc2cc(CO)oc12. The monoisotopic (exact) mass is 398 g/mol. The predicted octanol–water partition coefficient (Wildman–Crippen LogP) is 4.55. The van der Waals surface area contributed by atoms with Crippen molar-refractivity contribution >= 4 is 27.9 Å². The van der Waals surface area contributed by atoms with E-state index in [1.165, 1.54) is 0 Å². The van der Waals surface area contributed by atoms with Gasteiger partial charge in [-0.25, -0.2) is 4.79 Å². The van der Waals surface area contributed by atoms with E-state index >= 15 is 0 Å². The van der Waals surface area contributed by atoms with Crippen LogP contribution >= 0.6 is 0 Å². The van der Waals surface area contributed by atoms with Crippen LogP contribution in [0.4, 0.5) is 0 Å². The minimum absolute atomic E-state index is 0.0855. The number of rotatable bonds is 5. The normalized spacial score (nSPS) is 10.5. The molecule has 4 aromatic rings. The van der Waals surface area contributed by atoms with Crippen molar-refractivity contribution in [2.24, 2.45) is 0 Å². The molecular formula is C22H22O7. The molecule has 2 aromatic carbocycles. The lowest BCUT2D eigenvalue weighted by atomic mass is 10.2. The van der Waals surface area contributed by atoms with Crippen LogP contribution in [-0.2, 0) is 11.3 Å². The molecule has 0 fully saturated rings. The van der Waals surface area contributed by atoms with Gasteiger partial charge in [-0.1, -0.05) is 24.3 Å². The number of aliphatic hydroxyl groups excluding tert-OH is 1. The van der Waals surface area contributed by atoms with Crippen molar-refractivity contribution in [1.82, 2.24) is 0 Å². The Balaban J connectivity index is 0.000000169. The van der Waals surface area contributed by atoms with Gasteiger partial charge in [-0.3, -0.25) is 0 Å². The van der Waals surface area contributed by atoms with Crippen LogP contribution in [0.3, 0.4) is 0 Å². The van der Waals surface area contributed by atoms with Crippen molar-refractivity contribution in [3.63, 3.8) is 0 Å². The molecular weight excluding hydrogens is 376 g/mol. The largest absolute Gasteiger partial charge is 0.493 e. The first-order chi connectivity index (χ1) is 14.1. The van der Waals surface area contributed by atoms with E-state index in [-0.39, 0.29) is 12.4 Å². The van der Waals surface area contributed by atoms with Gasteiger partial charge in [0.25, 0.3) is 0 Å². The molecule has 7 heteroatoms. The van der Waals surface area contributed by atoms with Crippen LogP contribution in [0.2, 0.25) is 0 Å². The van der Waals surface area contributed by atoms with Gasteiger partial charge in [0, 0.05) is 10.8 Å². The fourth-order valence-electron chi connectivity index (χ4n) is 2.83. The quantitative estimate of drug-likeness (QED) is 0.493. The lowest BCUT2D eigenvalue weighted by Crippen LogP contribution is -2.02. The summed E-state index contributed by atoms with van der Waals surface area (Å²) in [6.07, 6.45) is 0. The number of aliphatic hydroxyl groups is 1. The third-order valence-corrected chi connectivity index (χ3v) is 4.14. The number of carbonyl (C=O) groups excluding carboxylic acids is 1. The Morgan fingerprint density at radius 1 is 0.931 bits per heavy atom. The summed E-state index contributed by atoms with van der Waals surface area (Å²) in [5.41, 5.74) is 1.25. The number of benzene rings is 2. The molecule has 0 aliphatic rings. The molecule has 0 spiro atoms. The maximum absolute atomic E-state index is 11.5. The molecule has 0 unspecified atom stereocenters. The maximum atomic E-state index is 11.5. The summed E-state index contributed by atoms with van der Waals surface area (Å²) in [5, 5.41) is 10.6.